The van der Waals surface area contributed by atoms with Crippen LogP contribution in [0.25, 0.3) is 0 Å². The zero-order chi connectivity index (χ0) is 48.9. The maximum atomic E-state index is 14.0. The molecule has 0 aliphatic heterocycles. The Kier molecular flexibility index (Phi) is 27.8. The molecule has 0 spiro atoms. The summed E-state index contributed by atoms with van der Waals surface area (Å²) in [4.78, 5) is 120. The monoisotopic (exact) mass is 929 g/mol. The maximum Gasteiger partial charge on any atom is 0.244 e. The number of carbonyl (C=O) groups is 8. The fraction of sp³-hybridized carbons (Fsp3) is 0.657. The van der Waals surface area contributed by atoms with Gasteiger partial charge in [0.1, 0.15) is 42.3 Å². The molecule has 0 bridgehead atoms. The minimum Gasteiger partial charge on any atom is -0.370 e. The summed E-state index contributed by atoms with van der Waals surface area (Å²) in [5.41, 5.74) is 48.8. The summed E-state index contributed by atoms with van der Waals surface area (Å²) in [5, 5.41) is 17.6. The van der Waals surface area contributed by atoms with E-state index in [1.165, 1.54) is 20.8 Å². The average molecular weight is 929 g/mol. The van der Waals surface area contributed by atoms with E-state index >= 15 is 0 Å². The number of nitrogens with zero attached hydrogens (tertiary/aromatic N) is 4. The van der Waals surface area contributed by atoms with E-state index in [1.54, 1.807) is 0 Å². The predicted molar refractivity (Wildman–Crippen MR) is 243 cm³/mol. The third-order valence-electron chi connectivity index (χ3n) is 8.72. The van der Waals surface area contributed by atoms with Crippen LogP contribution in [0, 0.1) is 0 Å². The average Bonchev–Trinajstić information content (AvgIpc) is 3.20. The lowest BCUT2D eigenvalue weighted by Gasteiger charge is -2.27. The first-order valence-electron chi connectivity index (χ1n) is 20.2. The van der Waals surface area contributed by atoms with Gasteiger partial charge in [0.2, 0.25) is 47.3 Å². The fourth-order valence-electron chi connectivity index (χ4n) is 5.44. The summed E-state index contributed by atoms with van der Waals surface area (Å²) in [7, 11) is 0. The van der Waals surface area contributed by atoms with Crippen LogP contribution < -0.4 is 88.8 Å². The predicted octanol–water partition coefficient (Wildman–Crippen LogP) is -7.93. The molecule has 362 valence electrons. The lowest BCUT2D eigenvalue weighted by atomic mass is 10.0. The number of nitrogens with two attached hydrogens (primary N) is 9. The number of nitrogens with one attached hydrogen (secondary N) is 7. The van der Waals surface area contributed by atoms with E-state index in [1.807, 2.05) is 0 Å². The number of aliphatic imine (C=N–C) groups is 4. The third-order valence-corrected chi connectivity index (χ3v) is 9.09. The molecular weight excluding hydrogens is 861 g/mol. The molecule has 0 aliphatic rings. The molecule has 25 N–H and O–H groups in total. The van der Waals surface area contributed by atoms with Crippen LogP contribution in [0.1, 0.15) is 72.1 Å². The molecule has 0 heterocycles. The van der Waals surface area contributed by atoms with Gasteiger partial charge in [-0.3, -0.25) is 58.3 Å². The minimum absolute atomic E-state index is 0.0410. The highest BCUT2D eigenvalue weighted by Crippen LogP contribution is 2.08. The van der Waals surface area contributed by atoms with Gasteiger partial charge >= 0.3 is 0 Å². The number of primary amides is 1. The maximum absolute atomic E-state index is 14.0. The van der Waals surface area contributed by atoms with Gasteiger partial charge in [-0.15, -0.1) is 0 Å². The van der Waals surface area contributed by atoms with Crippen molar-refractivity contribution >= 4 is 83.7 Å². The first kappa shape index (κ1) is 57.2. The first-order chi connectivity index (χ1) is 30.0. The Bertz CT molecular complexity index is 1700. The molecule has 0 aromatic carbocycles. The van der Waals surface area contributed by atoms with E-state index in [-0.39, 0.29) is 101 Å². The topological polar surface area (TPSA) is 504 Å². The summed E-state index contributed by atoms with van der Waals surface area (Å²) in [6, 6.07) is -8.66. The summed E-state index contributed by atoms with van der Waals surface area (Å²) in [6.45, 7) is 4.22. The fourth-order valence-corrected chi connectivity index (χ4v) is 5.70. The summed E-state index contributed by atoms with van der Waals surface area (Å²) < 4.78 is 0. The number of guanidine groups is 4. The summed E-state index contributed by atoms with van der Waals surface area (Å²) >= 11 is 4.07. The zero-order valence-electron chi connectivity index (χ0n) is 36.4. The second-order valence-electron chi connectivity index (χ2n) is 14.3. The van der Waals surface area contributed by atoms with Crippen molar-refractivity contribution in [3.8, 4) is 0 Å². The molecule has 0 unspecified atom stereocenters. The van der Waals surface area contributed by atoms with Crippen molar-refractivity contribution in [3.05, 3.63) is 0 Å². The molecule has 0 fully saturated rings. The molecule has 29 heteroatoms. The first-order valence-corrected chi connectivity index (χ1v) is 20.8. The van der Waals surface area contributed by atoms with Gasteiger partial charge in [-0.25, -0.2) is 0 Å². The molecule has 64 heavy (non-hydrogen) atoms. The van der Waals surface area contributed by atoms with E-state index in [0.29, 0.717) is 6.42 Å². The smallest absolute Gasteiger partial charge is 0.244 e. The van der Waals surface area contributed by atoms with Gasteiger partial charge in [-0.05, 0) is 65.2 Å². The van der Waals surface area contributed by atoms with E-state index in [9.17, 15) is 38.4 Å². The number of thiol groups is 1. The minimum atomic E-state index is -1.37. The quantitative estimate of drug-likeness (QED) is 0.0133. The van der Waals surface area contributed by atoms with E-state index in [2.05, 4.69) is 69.8 Å². The van der Waals surface area contributed by atoms with Crippen molar-refractivity contribution in [2.75, 3.05) is 31.9 Å². The van der Waals surface area contributed by atoms with E-state index < -0.39 is 89.6 Å². The number of hydrogen-bond donors (Lipinski definition) is 17. The number of carbonyl (C=O) groups excluding carboxylic acids is 8. The molecule has 0 saturated carbocycles. The Labute approximate surface area is 376 Å². The van der Waals surface area contributed by atoms with Gasteiger partial charge in [0, 0.05) is 38.9 Å². The molecule has 0 rings (SSSR count). The van der Waals surface area contributed by atoms with Gasteiger partial charge in [-0.2, -0.15) is 12.6 Å². The molecule has 0 aromatic heterocycles. The lowest BCUT2D eigenvalue weighted by Crippen LogP contribution is -2.59. The van der Waals surface area contributed by atoms with Gasteiger partial charge in [0.05, 0.1) is 0 Å². The van der Waals surface area contributed by atoms with Gasteiger partial charge in [0.25, 0.3) is 0 Å². The van der Waals surface area contributed by atoms with Crippen LogP contribution in [0.3, 0.4) is 0 Å². The second-order valence-corrected chi connectivity index (χ2v) is 14.7. The van der Waals surface area contributed by atoms with Crippen LogP contribution in [0.2, 0.25) is 0 Å². The van der Waals surface area contributed by atoms with Gasteiger partial charge in [0.15, 0.2) is 23.8 Å². The van der Waals surface area contributed by atoms with Crippen LogP contribution in [0.4, 0.5) is 0 Å². The van der Waals surface area contributed by atoms with Gasteiger partial charge in [-0.1, -0.05) is 0 Å². The number of rotatable bonds is 31. The molecular formula is C35H68N20O8S. The Morgan fingerprint density at radius 3 is 0.953 bits per heavy atom. The molecule has 0 aliphatic carbocycles. The Hall–Kier alpha value is -6.81. The second kappa shape index (κ2) is 31.1. The van der Waals surface area contributed by atoms with Gasteiger partial charge < -0.3 is 88.8 Å². The zero-order valence-corrected chi connectivity index (χ0v) is 37.3. The molecule has 7 atom stereocenters. The van der Waals surface area contributed by atoms with Crippen molar-refractivity contribution in [3.63, 3.8) is 0 Å². The van der Waals surface area contributed by atoms with Crippen LogP contribution in [0.5, 0.6) is 0 Å². The third kappa shape index (κ3) is 25.8. The number of hydrogen-bond acceptors (Lipinski definition) is 13. The Morgan fingerprint density at radius 2 is 0.672 bits per heavy atom. The van der Waals surface area contributed by atoms with E-state index in [0.717, 1.165) is 0 Å². The van der Waals surface area contributed by atoms with Crippen LogP contribution in [0.15, 0.2) is 20.0 Å². The van der Waals surface area contributed by atoms with Crippen molar-refractivity contribution in [2.45, 2.75) is 114 Å². The highest BCUT2D eigenvalue weighted by molar-refractivity contribution is 7.80. The Balaban J connectivity index is 6.49. The van der Waals surface area contributed by atoms with Crippen molar-refractivity contribution in [1.82, 2.24) is 37.2 Å². The Morgan fingerprint density at radius 1 is 0.406 bits per heavy atom. The highest BCUT2D eigenvalue weighted by atomic mass is 32.1. The standard InChI is InChI=1S/C35H68N20O8S/c1-17(26(58)52-20(25(36)57)8-4-12-45-32(37)38)49-28(60)21(9-5-13-46-33(39)40)54-30(62)23(11-7-15-48-35(43)44)55-29(61)22(10-6-14-47-34(41)42)53-27(59)18(2)50-31(63)24(16-64)51-19(3)56/h17-18,20-24,64H,4-16H2,1-3H3,(H2,36,57)(H,49,60)(H,50,63)(H,51,56)(H,52,58)(H,53,59)(H,54,62)(H,55,61)(H4,37,38,45)(H4,39,40,46)(H4,41,42,47)(H4,43,44,48)/t17-,18-,20-,21-,22-,23-,24-/m1/s1. The molecule has 0 radical (unpaired) electrons. The summed E-state index contributed by atoms with van der Waals surface area (Å²) in [5.74, 6) is -7.03. The van der Waals surface area contributed by atoms with Crippen LogP contribution in [-0.4, -0.2) is 145 Å². The summed E-state index contributed by atoms with van der Waals surface area (Å²) in [6.07, 6.45) is 0.669. The molecule has 0 saturated heterocycles. The van der Waals surface area contributed by atoms with Crippen molar-refractivity contribution in [2.24, 2.45) is 71.6 Å². The molecule has 0 aromatic rings. The molecule has 28 nitrogen and oxygen atoms in total. The SMILES string of the molecule is CC(=O)N[C@H](CS)C(=O)N[C@H](C)C(=O)N[C@H](CCCN=C(N)N)C(=O)N[C@H](CCCN=C(N)N)C(=O)N[C@H](CCCN=C(N)N)C(=O)N[C@H](C)C(=O)N[C@H](CCCN=C(N)N)C(N)=O. The van der Waals surface area contributed by atoms with E-state index in [4.69, 9.17) is 51.6 Å². The lowest BCUT2D eigenvalue weighted by molar-refractivity contribution is -0.135. The van der Waals surface area contributed by atoms with Crippen LogP contribution in [-0.2, 0) is 38.4 Å². The normalized spacial score (nSPS) is 13.8. The van der Waals surface area contributed by atoms with Crippen molar-refractivity contribution < 1.29 is 38.4 Å². The largest absolute Gasteiger partial charge is 0.370 e. The highest BCUT2D eigenvalue weighted by Gasteiger charge is 2.32. The van der Waals surface area contributed by atoms with Crippen molar-refractivity contribution in [1.29, 1.82) is 0 Å². The van der Waals surface area contributed by atoms with Crippen LogP contribution >= 0.6 is 12.6 Å². The molecule has 8 amide bonds. The number of amides is 8.